The molecule has 0 bridgehead atoms. The standard InChI is InChI=1S/C23H25N4O3/c1-15(24)22(29)27-21(12-17-13-25-20-10-6-5-9-19(17)20)23(30)26-18(14-28)11-16-7-3-2-4-8-16/h2-10,13,15,18,21,25H,11-12,24H2,1H3,(H,26,30)(H,27,29)/t15-,18+,21-/m0/s1. The zero-order valence-corrected chi connectivity index (χ0v) is 16.7. The molecule has 155 valence electrons. The lowest BCUT2D eigenvalue weighted by Gasteiger charge is -2.21. The lowest BCUT2D eigenvalue weighted by Crippen LogP contribution is -2.54. The maximum absolute atomic E-state index is 13.0. The molecule has 0 unspecified atom stereocenters. The number of aromatic nitrogens is 1. The Labute approximate surface area is 175 Å². The first-order chi connectivity index (χ1) is 14.5. The molecule has 30 heavy (non-hydrogen) atoms. The van der Waals surface area contributed by atoms with Crippen molar-refractivity contribution < 1.29 is 14.4 Å². The minimum atomic E-state index is -0.880. The Morgan fingerprint density at radius 1 is 1.00 bits per heavy atom. The Morgan fingerprint density at radius 3 is 2.40 bits per heavy atom. The molecule has 5 N–H and O–H groups in total. The molecule has 7 heteroatoms. The molecular formula is C23H25N4O3. The lowest BCUT2D eigenvalue weighted by molar-refractivity contribution is -0.129. The molecule has 7 nitrogen and oxygen atoms in total. The second-order valence-corrected chi connectivity index (χ2v) is 7.28. The Morgan fingerprint density at radius 2 is 1.70 bits per heavy atom. The molecule has 2 aromatic carbocycles. The summed E-state index contributed by atoms with van der Waals surface area (Å²) in [4.78, 5) is 39.8. The molecule has 3 rings (SSSR count). The van der Waals surface area contributed by atoms with Gasteiger partial charge in [0.1, 0.15) is 6.04 Å². The van der Waals surface area contributed by atoms with Gasteiger partial charge in [0.2, 0.25) is 18.1 Å². The summed E-state index contributed by atoms with van der Waals surface area (Å²) in [6, 6.07) is 14.6. The third-order valence-electron chi connectivity index (χ3n) is 4.89. The van der Waals surface area contributed by atoms with Crippen molar-refractivity contribution in [1.82, 2.24) is 15.6 Å². The van der Waals surface area contributed by atoms with Crippen LogP contribution in [0.5, 0.6) is 0 Å². The number of benzene rings is 2. The summed E-state index contributed by atoms with van der Waals surface area (Å²) in [5.41, 5.74) is 8.39. The number of H-pyrrole nitrogens is 1. The van der Waals surface area contributed by atoms with Gasteiger partial charge in [0.25, 0.3) is 0 Å². The van der Waals surface area contributed by atoms with E-state index in [0.29, 0.717) is 6.42 Å². The van der Waals surface area contributed by atoms with Crippen molar-refractivity contribution in [3.63, 3.8) is 0 Å². The van der Waals surface area contributed by atoms with E-state index in [9.17, 15) is 14.4 Å². The van der Waals surface area contributed by atoms with Crippen molar-refractivity contribution in [3.8, 4) is 0 Å². The number of fused-ring (bicyclic) bond motifs is 1. The van der Waals surface area contributed by atoms with Gasteiger partial charge in [-0.1, -0.05) is 48.5 Å². The van der Waals surface area contributed by atoms with Gasteiger partial charge in [-0.2, -0.15) is 0 Å². The number of para-hydroxylation sites is 1. The summed E-state index contributed by atoms with van der Waals surface area (Å²) in [5, 5.41) is 6.35. The lowest BCUT2D eigenvalue weighted by atomic mass is 10.0. The van der Waals surface area contributed by atoms with E-state index >= 15 is 0 Å². The van der Waals surface area contributed by atoms with Crippen LogP contribution in [-0.4, -0.2) is 41.2 Å². The summed E-state index contributed by atoms with van der Waals surface area (Å²) >= 11 is 0. The van der Waals surface area contributed by atoms with E-state index in [1.165, 1.54) is 0 Å². The number of nitrogens with one attached hydrogen (secondary N) is 3. The van der Waals surface area contributed by atoms with Crippen molar-refractivity contribution in [2.24, 2.45) is 5.73 Å². The normalized spacial score (nSPS) is 13.9. The fourth-order valence-electron chi connectivity index (χ4n) is 3.28. The number of carbonyl (C=O) groups excluding carboxylic acids is 3. The molecule has 0 saturated carbocycles. The van der Waals surface area contributed by atoms with E-state index < -0.39 is 29.9 Å². The van der Waals surface area contributed by atoms with Crippen molar-refractivity contribution in [1.29, 1.82) is 0 Å². The number of nitrogens with two attached hydrogens (primary N) is 1. The molecule has 3 atom stereocenters. The molecule has 1 heterocycles. The largest absolute Gasteiger partial charge is 0.361 e. The number of rotatable bonds is 9. The van der Waals surface area contributed by atoms with Crippen LogP contribution in [0.1, 0.15) is 18.1 Å². The monoisotopic (exact) mass is 405 g/mol. The van der Waals surface area contributed by atoms with Gasteiger partial charge in [0.15, 0.2) is 0 Å². The van der Waals surface area contributed by atoms with Crippen LogP contribution in [0.25, 0.3) is 10.9 Å². The molecule has 0 aliphatic heterocycles. The van der Waals surface area contributed by atoms with Crippen molar-refractivity contribution >= 4 is 29.0 Å². The third kappa shape index (κ3) is 5.33. The highest BCUT2D eigenvalue weighted by atomic mass is 16.2. The summed E-state index contributed by atoms with van der Waals surface area (Å²) in [6.45, 7) is 1.55. The van der Waals surface area contributed by atoms with Gasteiger partial charge >= 0.3 is 0 Å². The molecular weight excluding hydrogens is 380 g/mol. The minimum absolute atomic E-state index is 0.255. The topological polar surface area (TPSA) is 117 Å². The highest BCUT2D eigenvalue weighted by Gasteiger charge is 2.26. The highest BCUT2D eigenvalue weighted by molar-refractivity contribution is 5.92. The quantitative estimate of drug-likeness (QED) is 0.430. The zero-order chi connectivity index (χ0) is 21.5. The first-order valence-electron chi connectivity index (χ1n) is 9.81. The number of hydrogen-bond acceptors (Lipinski definition) is 4. The third-order valence-corrected chi connectivity index (χ3v) is 4.89. The minimum Gasteiger partial charge on any atom is -0.361 e. The molecule has 1 radical (unpaired) electrons. The van der Waals surface area contributed by atoms with Crippen molar-refractivity contribution in [3.05, 3.63) is 71.9 Å². The van der Waals surface area contributed by atoms with Crippen LogP contribution in [0, 0.1) is 0 Å². The number of aromatic amines is 1. The smallest absolute Gasteiger partial charge is 0.243 e. The van der Waals surface area contributed by atoms with Gasteiger partial charge in [-0.3, -0.25) is 14.4 Å². The van der Waals surface area contributed by atoms with Crippen LogP contribution in [0.3, 0.4) is 0 Å². The Kier molecular flexibility index (Phi) is 6.98. The van der Waals surface area contributed by atoms with E-state index in [-0.39, 0.29) is 6.42 Å². The molecule has 0 spiro atoms. The van der Waals surface area contributed by atoms with Gasteiger partial charge < -0.3 is 21.4 Å². The van der Waals surface area contributed by atoms with E-state index in [1.54, 1.807) is 6.92 Å². The average molecular weight is 405 g/mol. The van der Waals surface area contributed by atoms with E-state index in [2.05, 4.69) is 15.6 Å². The first kappa shape index (κ1) is 21.3. The summed E-state index contributed by atoms with van der Waals surface area (Å²) in [7, 11) is 0. The fraction of sp³-hybridized carbons (Fsp3) is 0.261. The molecule has 0 saturated heterocycles. The van der Waals surface area contributed by atoms with Crippen LogP contribution in [0.4, 0.5) is 0 Å². The number of carbonyl (C=O) groups is 2. The van der Waals surface area contributed by atoms with Crippen molar-refractivity contribution in [2.75, 3.05) is 0 Å². The van der Waals surface area contributed by atoms with Crippen LogP contribution in [0.2, 0.25) is 0 Å². The second-order valence-electron chi connectivity index (χ2n) is 7.28. The van der Waals surface area contributed by atoms with Gasteiger partial charge in [0.05, 0.1) is 12.1 Å². The predicted molar refractivity (Wildman–Crippen MR) is 115 cm³/mol. The predicted octanol–water partition coefficient (Wildman–Crippen LogP) is 1.38. The fourth-order valence-corrected chi connectivity index (χ4v) is 3.28. The van der Waals surface area contributed by atoms with Gasteiger partial charge in [-0.15, -0.1) is 0 Å². The Balaban J connectivity index is 1.77. The van der Waals surface area contributed by atoms with Crippen LogP contribution in [0.15, 0.2) is 60.8 Å². The zero-order valence-electron chi connectivity index (χ0n) is 16.7. The van der Waals surface area contributed by atoms with Crippen molar-refractivity contribution in [2.45, 2.75) is 37.9 Å². The molecule has 2 amide bonds. The summed E-state index contributed by atoms with van der Waals surface area (Å²) in [6.07, 6.45) is 4.26. The summed E-state index contributed by atoms with van der Waals surface area (Å²) < 4.78 is 0. The molecule has 1 aromatic heterocycles. The van der Waals surface area contributed by atoms with E-state index in [0.717, 1.165) is 22.0 Å². The van der Waals surface area contributed by atoms with Gasteiger partial charge in [-0.25, -0.2) is 0 Å². The maximum atomic E-state index is 13.0. The molecule has 0 aliphatic carbocycles. The van der Waals surface area contributed by atoms with Gasteiger partial charge in [-0.05, 0) is 24.1 Å². The number of hydrogen-bond donors (Lipinski definition) is 4. The highest BCUT2D eigenvalue weighted by Crippen LogP contribution is 2.19. The molecule has 0 aliphatic rings. The summed E-state index contributed by atoms with van der Waals surface area (Å²) in [5.74, 6) is -0.900. The van der Waals surface area contributed by atoms with Crippen LogP contribution in [-0.2, 0) is 27.2 Å². The number of amides is 2. The van der Waals surface area contributed by atoms with E-state index in [1.807, 2.05) is 67.1 Å². The molecule has 3 aromatic rings. The van der Waals surface area contributed by atoms with Crippen LogP contribution >= 0.6 is 0 Å². The Hall–Kier alpha value is -3.45. The first-order valence-corrected chi connectivity index (χ1v) is 9.81. The average Bonchev–Trinajstić information content (AvgIpc) is 3.16. The van der Waals surface area contributed by atoms with Crippen LogP contribution < -0.4 is 16.4 Å². The molecule has 0 fully saturated rings. The Bertz CT molecular complexity index is 1010. The van der Waals surface area contributed by atoms with Gasteiger partial charge in [0, 0.05) is 29.9 Å². The SMILES string of the molecule is C[C@H](N)C(=O)N[C@@H](Cc1c[nH]c2ccccc12)C(=O)N[C@@H]([C]=O)Cc1ccccc1. The second kappa shape index (κ2) is 9.84. The maximum Gasteiger partial charge on any atom is 0.243 e. The van der Waals surface area contributed by atoms with E-state index in [4.69, 9.17) is 5.73 Å².